The Morgan fingerprint density at radius 1 is 1.07 bits per heavy atom. The van der Waals surface area contributed by atoms with Gasteiger partial charge in [0.25, 0.3) is 11.8 Å². The zero-order valence-corrected chi connectivity index (χ0v) is 16.6. The Balaban J connectivity index is 1.68. The monoisotopic (exact) mass is 384 g/mol. The van der Waals surface area contributed by atoms with Crippen LogP contribution in [-0.4, -0.2) is 61.1 Å². The Bertz CT molecular complexity index is 772. The largest absolute Gasteiger partial charge is 0.497 e. The molecule has 1 aromatic carbocycles. The zero-order valence-electron chi connectivity index (χ0n) is 16.6. The van der Waals surface area contributed by atoms with Crippen molar-refractivity contribution < 1.29 is 19.1 Å². The van der Waals surface area contributed by atoms with Gasteiger partial charge in [-0.1, -0.05) is 19.1 Å². The molecule has 2 saturated heterocycles. The van der Waals surface area contributed by atoms with Crippen LogP contribution in [0.25, 0.3) is 5.57 Å². The molecule has 3 heterocycles. The number of nitrogens with zero attached hydrogens (tertiary/aromatic N) is 2. The second kappa shape index (κ2) is 7.95. The molecule has 0 spiro atoms. The fourth-order valence-electron chi connectivity index (χ4n) is 4.26. The van der Waals surface area contributed by atoms with Gasteiger partial charge in [-0.25, -0.2) is 0 Å². The molecule has 0 radical (unpaired) electrons. The number of piperidine rings is 1. The van der Waals surface area contributed by atoms with Crippen LogP contribution in [-0.2, 0) is 14.3 Å². The lowest BCUT2D eigenvalue weighted by atomic mass is 9.97. The third kappa shape index (κ3) is 3.53. The molecule has 1 atom stereocenters. The first-order chi connectivity index (χ1) is 13.6. The molecular formula is C22H28N2O4. The first-order valence-corrected chi connectivity index (χ1v) is 10.2. The van der Waals surface area contributed by atoms with Crippen molar-refractivity contribution in [3.8, 4) is 5.75 Å². The number of ether oxygens (including phenoxy) is 2. The summed E-state index contributed by atoms with van der Waals surface area (Å²) in [5, 5.41) is 0. The van der Waals surface area contributed by atoms with E-state index in [0.717, 1.165) is 50.1 Å². The molecule has 4 rings (SSSR count). The Morgan fingerprint density at radius 2 is 1.79 bits per heavy atom. The SMILES string of the molecule is COc1ccc(C2=C(N3CCC(C)CC3)C(=O)N(CC3CCCO3)C2=O)cc1. The van der Waals surface area contributed by atoms with Crippen molar-refractivity contribution in [2.75, 3.05) is 33.4 Å². The molecular weight excluding hydrogens is 356 g/mol. The fraction of sp³-hybridized carbons (Fsp3) is 0.545. The highest BCUT2D eigenvalue weighted by atomic mass is 16.5. The highest BCUT2D eigenvalue weighted by Crippen LogP contribution is 2.35. The van der Waals surface area contributed by atoms with Gasteiger partial charge in [0, 0.05) is 19.7 Å². The molecule has 0 aromatic heterocycles. The lowest BCUT2D eigenvalue weighted by molar-refractivity contribution is -0.139. The lowest BCUT2D eigenvalue weighted by Gasteiger charge is -2.32. The Hall–Kier alpha value is -2.34. The second-order valence-corrected chi connectivity index (χ2v) is 7.98. The minimum absolute atomic E-state index is 0.0502. The molecule has 3 aliphatic rings. The van der Waals surface area contributed by atoms with Gasteiger partial charge in [0.1, 0.15) is 11.4 Å². The summed E-state index contributed by atoms with van der Waals surface area (Å²) in [6.07, 6.45) is 3.90. The molecule has 6 nitrogen and oxygen atoms in total. The molecule has 0 aliphatic carbocycles. The van der Waals surface area contributed by atoms with Crippen LogP contribution in [0.4, 0.5) is 0 Å². The van der Waals surface area contributed by atoms with E-state index in [-0.39, 0.29) is 17.9 Å². The van der Waals surface area contributed by atoms with E-state index in [1.165, 1.54) is 4.90 Å². The van der Waals surface area contributed by atoms with E-state index in [4.69, 9.17) is 9.47 Å². The van der Waals surface area contributed by atoms with Gasteiger partial charge in [-0.15, -0.1) is 0 Å². The van der Waals surface area contributed by atoms with Gasteiger partial charge in [-0.2, -0.15) is 0 Å². The maximum Gasteiger partial charge on any atom is 0.277 e. The van der Waals surface area contributed by atoms with Crippen molar-refractivity contribution in [3.05, 3.63) is 35.5 Å². The molecule has 0 saturated carbocycles. The molecule has 28 heavy (non-hydrogen) atoms. The third-order valence-electron chi connectivity index (χ3n) is 6.03. The molecule has 3 aliphatic heterocycles. The predicted octanol–water partition coefficient (Wildman–Crippen LogP) is 2.69. The van der Waals surface area contributed by atoms with Crippen molar-refractivity contribution in [1.29, 1.82) is 0 Å². The number of imide groups is 1. The van der Waals surface area contributed by atoms with E-state index in [1.807, 2.05) is 24.3 Å². The summed E-state index contributed by atoms with van der Waals surface area (Å²) in [5.74, 6) is 0.988. The summed E-state index contributed by atoms with van der Waals surface area (Å²) in [7, 11) is 1.61. The van der Waals surface area contributed by atoms with Gasteiger partial charge in [0.2, 0.25) is 0 Å². The van der Waals surface area contributed by atoms with Gasteiger partial charge < -0.3 is 14.4 Å². The highest BCUT2D eigenvalue weighted by Gasteiger charge is 2.43. The summed E-state index contributed by atoms with van der Waals surface area (Å²) < 4.78 is 10.9. The van der Waals surface area contributed by atoms with Crippen LogP contribution in [0.15, 0.2) is 30.0 Å². The molecule has 0 bridgehead atoms. The zero-order chi connectivity index (χ0) is 19.7. The van der Waals surface area contributed by atoms with E-state index in [9.17, 15) is 9.59 Å². The minimum Gasteiger partial charge on any atom is -0.497 e. The maximum absolute atomic E-state index is 13.3. The summed E-state index contributed by atoms with van der Waals surface area (Å²) in [6.45, 7) is 4.90. The summed E-state index contributed by atoms with van der Waals surface area (Å²) in [4.78, 5) is 30.1. The number of carbonyl (C=O) groups is 2. The number of hydrogen-bond donors (Lipinski definition) is 0. The maximum atomic E-state index is 13.3. The van der Waals surface area contributed by atoms with E-state index in [2.05, 4.69) is 11.8 Å². The third-order valence-corrected chi connectivity index (χ3v) is 6.03. The first kappa shape index (κ1) is 19.0. The molecule has 1 aromatic rings. The van der Waals surface area contributed by atoms with Gasteiger partial charge in [0.15, 0.2) is 0 Å². The number of amides is 2. The molecule has 2 amide bonds. The number of methoxy groups -OCH3 is 1. The summed E-state index contributed by atoms with van der Waals surface area (Å²) in [5.41, 5.74) is 1.84. The molecule has 150 valence electrons. The van der Waals surface area contributed by atoms with Gasteiger partial charge in [0.05, 0.1) is 25.3 Å². The topological polar surface area (TPSA) is 59.1 Å². The predicted molar refractivity (Wildman–Crippen MR) is 106 cm³/mol. The minimum atomic E-state index is -0.209. The van der Waals surface area contributed by atoms with Gasteiger partial charge in [-0.3, -0.25) is 14.5 Å². The molecule has 0 N–H and O–H groups in total. The van der Waals surface area contributed by atoms with E-state index >= 15 is 0 Å². The molecule has 1 unspecified atom stereocenters. The number of rotatable bonds is 5. The van der Waals surface area contributed by atoms with Gasteiger partial charge >= 0.3 is 0 Å². The number of hydrogen-bond acceptors (Lipinski definition) is 5. The molecule has 2 fully saturated rings. The average Bonchev–Trinajstić information content (AvgIpc) is 3.31. The van der Waals surface area contributed by atoms with Crippen molar-refractivity contribution in [3.63, 3.8) is 0 Å². The second-order valence-electron chi connectivity index (χ2n) is 7.98. The number of benzene rings is 1. The van der Waals surface area contributed by atoms with Crippen molar-refractivity contribution in [1.82, 2.24) is 9.80 Å². The Labute approximate surface area is 166 Å². The number of likely N-dealkylation sites (tertiary alicyclic amines) is 1. The van der Waals surface area contributed by atoms with E-state index < -0.39 is 0 Å². The number of carbonyl (C=O) groups excluding carboxylic acids is 2. The summed E-state index contributed by atoms with van der Waals surface area (Å²) in [6, 6.07) is 7.39. The van der Waals surface area contributed by atoms with Crippen molar-refractivity contribution in [2.24, 2.45) is 5.92 Å². The van der Waals surface area contributed by atoms with Crippen LogP contribution >= 0.6 is 0 Å². The molecule has 6 heteroatoms. The van der Waals surface area contributed by atoms with Crippen LogP contribution in [0.1, 0.15) is 38.2 Å². The first-order valence-electron chi connectivity index (χ1n) is 10.2. The lowest BCUT2D eigenvalue weighted by Crippen LogP contribution is -2.41. The van der Waals surface area contributed by atoms with Crippen LogP contribution in [0.2, 0.25) is 0 Å². The van der Waals surface area contributed by atoms with E-state index in [0.29, 0.717) is 30.3 Å². The standard InChI is InChI=1S/C22H28N2O4/c1-15-9-11-23(12-10-15)20-19(16-5-7-17(27-2)8-6-16)21(25)24(22(20)26)14-18-4-3-13-28-18/h5-8,15,18H,3-4,9-14H2,1-2H3. The van der Waals surface area contributed by atoms with Crippen molar-refractivity contribution >= 4 is 17.4 Å². The highest BCUT2D eigenvalue weighted by molar-refractivity contribution is 6.35. The fourth-order valence-corrected chi connectivity index (χ4v) is 4.26. The normalized spacial score (nSPS) is 23.9. The smallest absolute Gasteiger partial charge is 0.277 e. The Kier molecular flexibility index (Phi) is 5.40. The quantitative estimate of drug-likeness (QED) is 0.731. The van der Waals surface area contributed by atoms with Crippen LogP contribution < -0.4 is 4.74 Å². The van der Waals surface area contributed by atoms with Gasteiger partial charge in [-0.05, 0) is 49.3 Å². The van der Waals surface area contributed by atoms with Crippen molar-refractivity contribution in [2.45, 2.75) is 38.7 Å². The van der Waals surface area contributed by atoms with Crippen LogP contribution in [0, 0.1) is 5.92 Å². The Morgan fingerprint density at radius 3 is 2.39 bits per heavy atom. The van der Waals surface area contributed by atoms with Crippen LogP contribution in [0.3, 0.4) is 0 Å². The van der Waals surface area contributed by atoms with E-state index in [1.54, 1.807) is 7.11 Å². The summed E-state index contributed by atoms with van der Waals surface area (Å²) >= 11 is 0. The average molecular weight is 384 g/mol. The van der Waals surface area contributed by atoms with Crippen LogP contribution in [0.5, 0.6) is 5.75 Å².